The number of piperidine rings is 1. The molecule has 1 aliphatic carbocycles. The van der Waals surface area contributed by atoms with Crippen LogP contribution >= 0.6 is 24.8 Å². The van der Waals surface area contributed by atoms with E-state index in [1.165, 1.54) is 11.1 Å². The number of hydrogen-bond donors (Lipinski definition) is 2. The van der Waals surface area contributed by atoms with Crippen LogP contribution in [0.3, 0.4) is 0 Å². The van der Waals surface area contributed by atoms with Gasteiger partial charge < -0.3 is 15.5 Å². The van der Waals surface area contributed by atoms with Crippen LogP contribution in [0.15, 0.2) is 18.2 Å². The highest BCUT2D eigenvalue weighted by Crippen LogP contribution is 2.58. The fourth-order valence-electron chi connectivity index (χ4n) is 3.73. The van der Waals surface area contributed by atoms with Crippen LogP contribution in [0.2, 0.25) is 0 Å². The summed E-state index contributed by atoms with van der Waals surface area (Å²) in [5.74, 6) is 0.425. The van der Waals surface area contributed by atoms with Crippen molar-refractivity contribution in [2.24, 2.45) is 11.3 Å². The minimum atomic E-state index is 0. The molecule has 0 bridgehead atoms. The lowest BCUT2D eigenvalue weighted by molar-refractivity contribution is -0.118. The molecule has 1 saturated carbocycles. The highest BCUT2D eigenvalue weighted by molar-refractivity contribution is 5.95. The van der Waals surface area contributed by atoms with Crippen LogP contribution in [0.1, 0.15) is 30.4 Å². The molecule has 1 unspecified atom stereocenters. The van der Waals surface area contributed by atoms with Gasteiger partial charge in [0, 0.05) is 18.2 Å². The van der Waals surface area contributed by atoms with Gasteiger partial charge in [0.05, 0.1) is 0 Å². The van der Waals surface area contributed by atoms with Gasteiger partial charge in [0.1, 0.15) is 0 Å². The summed E-state index contributed by atoms with van der Waals surface area (Å²) in [5.41, 5.74) is 3.69. The third kappa shape index (κ3) is 4.63. The monoisotopic (exact) mass is 373 g/mol. The predicted octanol–water partition coefficient (Wildman–Crippen LogP) is 3.23. The first-order valence-corrected chi connectivity index (χ1v) is 8.26. The number of anilines is 1. The van der Waals surface area contributed by atoms with E-state index in [4.69, 9.17) is 0 Å². The summed E-state index contributed by atoms with van der Waals surface area (Å²) in [7, 11) is 4.11. The summed E-state index contributed by atoms with van der Waals surface area (Å²) in [4.78, 5) is 14.8. The highest BCUT2D eigenvalue weighted by atomic mass is 35.5. The largest absolute Gasteiger partial charge is 0.326 e. The van der Waals surface area contributed by atoms with E-state index >= 15 is 0 Å². The molecule has 0 radical (unpaired) electrons. The second-order valence-corrected chi connectivity index (χ2v) is 7.26. The molecule has 1 aliphatic heterocycles. The van der Waals surface area contributed by atoms with Gasteiger partial charge in [0.15, 0.2) is 0 Å². The molecule has 6 heteroatoms. The van der Waals surface area contributed by atoms with Crippen LogP contribution < -0.4 is 10.6 Å². The van der Waals surface area contributed by atoms with Crippen LogP contribution in [-0.2, 0) is 11.3 Å². The number of rotatable bonds is 4. The Hall–Kier alpha value is -0.810. The molecule has 2 fully saturated rings. The van der Waals surface area contributed by atoms with E-state index < -0.39 is 0 Å². The van der Waals surface area contributed by atoms with Crippen LogP contribution in [0.4, 0.5) is 5.69 Å². The van der Waals surface area contributed by atoms with Crippen molar-refractivity contribution in [2.75, 3.05) is 32.5 Å². The van der Waals surface area contributed by atoms with E-state index in [-0.39, 0.29) is 36.6 Å². The first-order chi connectivity index (χ1) is 10.5. The molecule has 3 rings (SSSR count). The zero-order valence-electron chi connectivity index (χ0n) is 14.7. The quantitative estimate of drug-likeness (QED) is 0.851. The molecule has 2 N–H and O–H groups in total. The van der Waals surface area contributed by atoms with Crippen molar-refractivity contribution in [2.45, 2.75) is 32.7 Å². The van der Waals surface area contributed by atoms with E-state index in [1.54, 1.807) is 0 Å². The standard InChI is InChI=1S/C18H27N3O.2ClH/c1-13-4-5-16(14(10-13)12-21(2)3)20-17(22)15-11-18(15)6-8-19-9-7-18;;/h4-5,10,15,19H,6-9,11-12H2,1-3H3,(H,20,22);2*1H. The van der Waals surface area contributed by atoms with E-state index in [2.05, 4.69) is 48.7 Å². The minimum absolute atomic E-state index is 0. The molecule has 4 nitrogen and oxygen atoms in total. The summed E-state index contributed by atoms with van der Waals surface area (Å²) < 4.78 is 0. The zero-order chi connectivity index (χ0) is 15.7. The molecule has 24 heavy (non-hydrogen) atoms. The lowest BCUT2D eigenvalue weighted by Gasteiger charge is -2.23. The van der Waals surface area contributed by atoms with E-state index in [0.717, 1.165) is 44.6 Å². The minimum Gasteiger partial charge on any atom is -0.326 e. The van der Waals surface area contributed by atoms with Gasteiger partial charge in [-0.1, -0.05) is 17.7 Å². The van der Waals surface area contributed by atoms with Crippen molar-refractivity contribution in [3.63, 3.8) is 0 Å². The van der Waals surface area contributed by atoms with E-state index in [9.17, 15) is 4.79 Å². The van der Waals surface area contributed by atoms with Gasteiger partial charge in [-0.05, 0) is 70.4 Å². The van der Waals surface area contributed by atoms with Crippen LogP contribution in [0.5, 0.6) is 0 Å². The van der Waals surface area contributed by atoms with Crippen LogP contribution in [-0.4, -0.2) is 38.0 Å². The van der Waals surface area contributed by atoms with Gasteiger partial charge in [-0.3, -0.25) is 4.79 Å². The van der Waals surface area contributed by atoms with Crippen molar-refractivity contribution in [3.05, 3.63) is 29.3 Å². The van der Waals surface area contributed by atoms with Crippen LogP contribution in [0, 0.1) is 18.3 Å². The fourth-order valence-corrected chi connectivity index (χ4v) is 3.73. The van der Waals surface area contributed by atoms with Gasteiger partial charge in [0.2, 0.25) is 5.91 Å². The maximum Gasteiger partial charge on any atom is 0.228 e. The normalized spacial score (nSPS) is 20.9. The smallest absolute Gasteiger partial charge is 0.228 e. The summed E-state index contributed by atoms with van der Waals surface area (Å²) in [6, 6.07) is 6.29. The Morgan fingerprint density at radius 1 is 1.29 bits per heavy atom. The number of carbonyl (C=O) groups excluding carboxylic acids is 1. The molecule has 1 amide bonds. The summed E-state index contributed by atoms with van der Waals surface area (Å²) >= 11 is 0. The van der Waals surface area contributed by atoms with Gasteiger partial charge in [-0.25, -0.2) is 0 Å². The van der Waals surface area contributed by atoms with E-state index in [0.29, 0.717) is 5.41 Å². The molecular formula is C18H29Cl2N3O. The SMILES string of the molecule is Cc1ccc(NC(=O)C2CC23CCNCC3)c(CN(C)C)c1.Cl.Cl. The number of hydrogen-bond acceptors (Lipinski definition) is 3. The maximum absolute atomic E-state index is 12.6. The Balaban J connectivity index is 0.00000144. The molecule has 1 heterocycles. The van der Waals surface area contributed by atoms with Gasteiger partial charge >= 0.3 is 0 Å². The molecule has 1 spiro atoms. The highest BCUT2D eigenvalue weighted by Gasteiger charge is 2.57. The first kappa shape index (κ1) is 21.2. The number of nitrogens with zero attached hydrogens (tertiary/aromatic N) is 1. The third-order valence-corrected chi connectivity index (χ3v) is 5.11. The Morgan fingerprint density at radius 3 is 2.58 bits per heavy atom. The summed E-state index contributed by atoms with van der Waals surface area (Å²) in [6.45, 7) is 5.05. The second kappa shape index (κ2) is 8.52. The van der Waals surface area contributed by atoms with Crippen molar-refractivity contribution in [1.29, 1.82) is 0 Å². The molecule has 2 aliphatic rings. The number of benzene rings is 1. The Morgan fingerprint density at radius 2 is 1.96 bits per heavy atom. The number of amides is 1. The summed E-state index contributed by atoms with van der Waals surface area (Å²) in [5, 5.41) is 6.58. The number of halogens is 2. The van der Waals surface area contributed by atoms with Crippen molar-refractivity contribution in [1.82, 2.24) is 10.2 Å². The molecule has 0 aromatic heterocycles. The average Bonchev–Trinajstić information content (AvgIpc) is 3.15. The van der Waals surface area contributed by atoms with Crippen molar-refractivity contribution in [3.8, 4) is 0 Å². The molecular weight excluding hydrogens is 345 g/mol. The number of nitrogens with one attached hydrogen (secondary N) is 2. The fraction of sp³-hybridized carbons (Fsp3) is 0.611. The average molecular weight is 374 g/mol. The van der Waals surface area contributed by atoms with E-state index in [1.807, 2.05) is 6.07 Å². The van der Waals surface area contributed by atoms with Gasteiger partial charge in [0.25, 0.3) is 0 Å². The molecule has 1 atom stereocenters. The number of carbonyl (C=O) groups is 1. The van der Waals surface area contributed by atoms with Gasteiger partial charge in [-0.2, -0.15) is 0 Å². The lowest BCUT2D eigenvalue weighted by Crippen LogP contribution is -2.31. The van der Waals surface area contributed by atoms with Crippen LogP contribution in [0.25, 0.3) is 0 Å². The molecule has 1 aromatic rings. The Bertz CT molecular complexity index is 571. The lowest BCUT2D eigenvalue weighted by atomic mass is 9.91. The first-order valence-electron chi connectivity index (χ1n) is 8.26. The predicted molar refractivity (Wildman–Crippen MR) is 104 cm³/mol. The molecule has 136 valence electrons. The maximum atomic E-state index is 12.6. The summed E-state index contributed by atoms with van der Waals surface area (Å²) in [6.07, 6.45) is 3.35. The van der Waals surface area contributed by atoms with Gasteiger partial charge in [-0.15, -0.1) is 24.8 Å². The second-order valence-electron chi connectivity index (χ2n) is 7.26. The third-order valence-electron chi connectivity index (χ3n) is 5.11. The molecule has 1 aromatic carbocycles. The molecule has 1 saturated heterocycles. The Labute approximate surface area is 157 Å². The van der Waals surface area contributed by atoms with Crippen molar-refractivity contribution >= 4 is 36.4 Å². The van der Waals surface area contributed by atoms with Crippen molar-refractivity contribution < 1.29 is 4.79 Å². The number of aryl methyl sites for hydroxylation is 1. The zero-order valence-corrected chi connectivity index (χ0v) is 16.4. The topological polar surface area (TPSA) is 44.4 Å². The Kier molecular flexibility index (Phi) is 7.54.